The van der Waals surface area contributed by atoms with Gasteiger partial charge in [0, 0.05) is 17.7 Å². The van der Waals surface area contributed by atoms with Crippen molar-refractivity contribution in [2.75, 3.05) is 12.9 Å². The second-order valence-electron chi connectivity index (χ2n) is 5.63. The molecule has 0 N–H and O–H groups in total. The summed E-state index contributed by atoms with van der Waals surface area (Å²) in [5.74, 6) is 1.48. The Morgan fingerprint density at radius 2 is 2.04 bits per heavy atom. The largest absolute Gasteiger partial charge is 0.495 e. The van der Waals surface area contributed by atoms with Crippen LogP contribution in [0.1, 0.15) is 10.4 Å². The Balaban J connectivity index is 1.78. The number of halogens is 1. The van der Waals surface area contributed by atoms with Gasteiger partial charge in [0.25, 0.3) is 0 Å². The molecule has 0 fully saturated rings. The maximum Gasteiger partial charge on any atom is 0.192 e. The van der Waals surface area contributed by atoms with Gasteiger partial charge in [0.1, 0.15) is 5.75 Å². The zero-order valence-electron chi connectivity index (χ0n) is 14.8. The molecule has 0 saturated heterocycles. The van der Waals surface area contributed by atoms with Gasteiger partial charge in [0.05, 0.1) is 17.9 Å². The lowest BCUT2D eigenvalue weighted by Crippen LogP contribution is -2.05. The van der Waals surface area contributed by atoms with Crippen LogP contribution in [0.3, 0.4) is 0 Å². The molecule has 0 spiro atoms. The summed E-state index contributed by atoms with van der Waals surface area (Å²) in [5, 5.41) is 9.62. The number of carbonyl (C=O) groups is 1. The number of nitrogens with zero attached hydrogens (tertiary/aromatic N) is 3. The van der Waals surface area contributed by atoms with E-state index in [2.05, 4.69) is 16.8 Å². The zero-order chi connectivity index (χ0) is 19.2. The van der Waals surface area contributed by atoms with Crippen LogP contribution < -0.4 is 4.74 Å². The van der Waals surface area contributed by atoms with Crippen LogP contribution in [0.2, 0.25) is 5.02 Å². The number of hydrogen-bond donors (Lipinski definition) is 0. The van der Waals surface area contributed by atoms with Crippen molar-refractivity contribution in [3.05, 3.63) is 71.8 Å². The number of methoxy groups -OCH3 is 1. The average molecular weight is 400 g/mol. The maximum absolute atomic E-state index is 12.5. The monoisotopic (exact) mass is 399 g/mol. The lowest BCUT2D eigenvalue weighted by Gasteiger charge is -2.08. The molecule has 138 valence electrons. The molecule has 0 saturated carbocycles. The molecule has 3 rings (SSSR count). The minimum absolute atomic E-state index is 0.0426. The number of Topliss-reactive ketones (excluding diaryl/α,β-unsaturated/α-hetero) is 1. The molecule has 7 heteroatoms. The first-order chi connectivity index (χ1) is 13.1. The van der Waals surface area contributed by atoms with E-state index < -0.39 is 0 Å². The second-order valence-corrected chi connectivity index (χ2v) is 6.98. The van der Waals surface area contributed by atoms with E-state index in [1.54, 1.807) is 24.3 Å². The first-order valence-corrected chi connectivity index (χ1v) is 9.59. The van der Waals surface area contributed by atoms with Gasteiger partial charge in [-0.05, 0) is 18.2 Å². The highest BCUT2D eigenvalue weighted by Gasteiger charge is 2.16. The molecule has 3 aromatic rings. The number of aromatic nitrogens is 3. The smallest absolute Gasteiger partial charge is 0.192 e. The molecule has 0 aliphatic rings. The van der Waals surface area contributed by atoms with Crippen molar-refractivity contribution < 1.29 is 9.53 Å². The van der Waals surface area contributed by atoms with Crippen molar-refractivity contribution in [2.24, 2.45) is 0 Å². The van der Waals surface area contributed by atoms with Crippen LogP contribution >= 0.6 is 23.4 Å². The molecule has 1 aromatic heterocycles. The molecular formula is C20H18ClN3O2S. The summed E-state index contributed by atoms with van der Waals surface area (Å²) in [7, 11) is 1.54. The molecule has 2 aromatic carbocycles. The molecule has 0 amide bonds. The summed E-state index contributed by atoms with van der Waals surface area (Å²) in [4.78, 5) is 12.5. The van der Waals surface area contributed by atoms with Crippen molar-refractivity contribution in [3.8, 4) is 17.1 Å². The van der Waals surface area contributed by atoms with Gasteiger partial charge in [-0.2, -0.15) is 0 Å². The molecule has 0 aliphatic carbocycles. The maximum atomic E-state index is 12.5. The van der Waals surface area contributed by atoms with Gasteiger partial charge in [0.15, 0.2) is 16.8 Å². The van der Waals surface area contributed by atoms with Gasteiger partial charge in [-0.1, -0.05) is 59.8 Å². The second kappa shape index (κ2) is 8.88. The molecule has 0 bridgehead atoms. The van der Waals surface area contributed by atoms with E-state index in [4.69, 9.17) is 16.3 Å². The van der Waals surface area contributed by atoms with Crippen LogP contribution in [0, 0.1) is 0 Å². The van der Waals surface area contributed by atoms with Crippen LogP contribution in [0.15, 0.2) is 66.3 Å². The minimum atomic E-state index is -0.0426. The van der Waals surface area contributed by atoms with Gasteiger partial charge >= 0.3 is 0 Å². The van der Waals surface area contributed by atoms with E-state index in [0.29, 0.717) is 28.0 Å². The fraction of sp³-hybridized carbons (Fsp3) is 0.150. The molecule has 27 heavy (non-hydrogen) atoms. The number of allylic oxidation sites excluding steroid dienone is 1. The lowest BCUT2D eigenvalue weighted by molar-refractivity contribution is 0.102. The fourth-order valence-corrected chi connectivity index (χ4v) is 3.64. The molecule has 0 aliphatic heterocycles. The van der Waals surface area contributed by atoms with E-state index in [1.165, 1.54) is 18.9 Å². The predicted octanol–water partition coefficient (Wildman–Crippen LogP) is 4.77. The van der Waals surface area contributed by atoms with Crippen molar-refractivity contribution in [1.29, 1.82) is 0 Å². The average Bonchev–Trinajstić information content (AvgIpc) is 3.09. The number of hydrogen-bond acceptors (Lipinski definition) is 5. The Morgan fingerprint density at radius 1 is 1.26 bits per heavy atom. The highest BCUT2D eigenvalue weighted by Crippen LogP contribution is 2.27. The summed E-state index contributed by atoms with van der Waals surface area (Å²) in [5.41, 5.74) is 1.50. The van der Waals surface area contributed by atoms with Crippen LogP contribution in [0.5, 0.6) is 5.75 Å². The summed E-state index contributed by atoms with van der Waals surface area (Å²) < 4.78 is 7.06. The Kier molecular flexibility index (Phi) is 6.32. The normalized spacial score (nSPS) is 10.6. The fourth-order valence-electron chi connectivity index (χ4n) is 2.54. The number of benzene rings is 2. The van der Waals surface area contributed by atoms with E-state index >= 15 is 0 Å². The Hall–Kier alpha value is -2.57. The summed E-state index contributed by atoms with van der Waals surface area (Å²) >= 11 is 7.45. The number of carbonyl (C=O) groups excluding carboxylic acids is 1. The highest BCUT2D eigenvalue weighted by atomic mass is 35.5. The quantitative estimate of drug-likeness (QED) is 0.310. The first kappa shape index (κ1) is 19.2. The zero-order valence-corrected chi connectivity index (χ0v) is 16.3. The van der Waals surface area contributed by atoms with E-state index in [0.717, 1.165) is 11.4 Å². The van der Waals surface area contributed by atoms with E-state index in [1.807, 2.05) is 34.9 Å². The van der Waals surface area contributed by atoms with Crippen LogP contribution in [-0.2, 0) is 6.54 Å². The Labute approximate surface area is 167 Å². The lowest BCUT2D eigenvalue weighted by atomic mass is 10.1. The third-order valence-corrected chi connectivity index (χ3v) is 5.13. The number of ether oxygens (including phenoxy) is 1. The van der Waals surface area contributed by atoms with Crippen molar-refractivity contribution in [1.82, 2.24) is 14.8 Å². The summed E-state index contributed by atoms with van der Waals surface area (Å²) in [6, 6.07) is 14.8. The molecule has 0 radical (unpaired) electrons. The first-order valence-electron chi connectivity index (χ1n) is 8.23. The standard InChI is InChI=1S/C20H18ClN3O2S/c1-3-11-24-19(14-7-5-4-6-8-14)22-23-20(24)27-13-17(25)15-9-10-18(26-2)16(21)12-15/h3-10,12H,1,11,13H2,2H3. The predicted molar refractivity (Wildman–Crippen MR) is 109 cm³/mol. The van der Waals surface area contributed by atoms with Gasteiger partial charge < -0.3 is 4.74 Å². The number of rotatable bonds is 8. The van der Waals surface area contributed by atoms with Gasteiger partial charge in [0.2, 0.25) is 0 Å². The third kappa shape index (κ3) is 4.40. The molecule has 5 nitrogen and oxygen atoms in total. The molecule has 0 unspecified atom stereocenters. The SMILES string of the molecule is C=CCn1c(SCC(=O)c2ccc(OC)c(Cl)c2)nnc1-c1ccccc1. The highest BCUT2D eigenvalue weighted by molar-refractivity contribution is 7.99. The van der Waals surface area contributed by atoms with Crippen molar-refractivity contribution in [2.45, 2.75) is 11.7 Å². The van der Waals surface area contributed by atoms with Gasteiger partial charge in [-0.15, -0.1) is 16.8 Å². The number of thioether (sulfide) groups is 1. The number of ketones is 1. The van der Waals surface area contributed by atoms with Crippen LogP contribution in [0.25, 0.3) is 11.4 Å². The minimum Gasteiger partial charge on any atom is -0.495 e. The van der Waals surface area contributed by atoms with E-state index in [9.17, 15) is 4.79 Å². The van der Waals surface area contributed by atoms with Crippen molar-refractivity contribution in [3.63, 3.8) is 0 Å². The molecule has 0 atom stereocenters. The topological polar surface area (TPSA) is 57.0 Å². The molecule has 1 heterocycles. The van der Waals surface area contributed by atoms with Crippen molar-refractivity contribution >= 4 is 29.1 Å². The summed E-state index contributed by atoms with van der Waals surface area (Å²) in [6.45, 7) is 4.36. The van der Waals surface area contributed by atoms with Crippen LogP contribution in [-0.4, -0.2) is 33.4 Å². The van der Waals surface area contributed by atoms with Crippen LogP contribution in [0.4, 0.5) is 0 Å². The van der Waals surface area contributed by atoms with Gasteiger partial charge in [-0.3, -0.25) is 9.36 Å². The Bertz CT molecular complexity index is 957. The third-order valence-electron chi connectivity index (χ3n) is 3.87. The Morgan fingerprint density at radius 3 is 2.70 bits per heavy atom. The van der Waals surface area contributed by atoms with E-state index in [-0.39, 0.29) is 11.5 Å². The van der Waals surface area contributed by atoms with Gasteiger partial charge in [-0.25, -0.2) is 0 Å². The summed E-state index contributed by atoms with van der Waals surface area (Å²) in [6.07, 6.45) is 1.78. The molecular weight excluding hydrogens is 382 g/mol.